The molecule has 0 aliphatic rings. The zero-order chi connectivity index (χ0) is 13.5. The first-order chi connectivity index (χ1) is 9.29. The van der Waals surface area contributed by atoms with Crippen molar-refractivity contribution >= 4 is 0 Å². The topological polar surface area (TPSA) is 24.9 Å². The van der Waals surface area contributed by atoms with E-state index in [0.717, 1.165) is 18.5 Å². The SMILES string of the molecule is CCC(Cc1ccccc1)NC(C)c1ccccn1. The van der Waals surface area contributed by atoms with Gasteiger partial charge in [-0.2, -0.15) is 0 Å². The third-order valence-corrected chi connectivity index (χ3v) is 3.43. The van der Waals surface area contributed by atoms with E-state index >= 15 is 0 Å². The third kappa shape index (κ3) is 4.18. The Morgan fingerprint density at radius 1 is 1.05 bits per heavy atom. The molecule has 1 N–H and O–H groups in total. The molecule has 2 aromatic rings. The molecule has 1 aromatic carbocycles. The van der Waals surface area contributed by atoms with Crippen LogP contribution in [0.2, 0.25) is 0 Å². The van der Waals surface area contributed by atoms with Crippen LogP contribution in [-0.4, -0.2) is 11.0 Å². The molecule has 1 aromatic heterocycles. The quantitative estimate of drug-likeness (QED) is 0.849. The second-order valence-electron chi connectivity index (χ2n) is 4.94. The van der Waals surface area contributed by atoms with Crippen LogP contribution in [0.15, 0.2) is 54.7 Å². The number of benzene rings is 1. The fraction of sp³-hybridized carbons (Fsp3) is 0.353. The summed E-state index contributed by atoms with van der Waals surface area (Å²) in [5.74, 6) is 0. The summed E-state index contributed by atoms with van der Waals surface area (Å²) >= 11 is 0. The lowest BCUT2D eigenvalue weighted by atomic mass is 10.0. The highest BCUT2D eigenvalue weighted by Gasteiger charge is 2.12. The lowest BCUT2D eigenvalue weighted by molar-refractivity contribution is 0.434. The van der Waals surface area contributed by atoms with Crippen molar-refractivity contribution in [3.63, 3.8) is 0 Å². The fourth-order valence-electron chi connectivity index (χ4n) is 2.29. The van der Waals surface area contributed by atoms with Crippen LogP contribution >= 0.6 is 0 Å². The molecule has 0 fully saturated rings. The second-order valence-corrected chi connectivity index (χ2v) is 4.94. The normalized spacial score (nSPS) is 14.0. The summed E-state index contributed by atoms with van der Waals surface area (Å²) in [5, 5.41) is 3.67. The molecule has 0 saturated heterocycles. The minimum absolute atomic E-state index is 0.287. The number of nitrogens with zero attached hydrogens (tertiary/aromatic N) is 1. The van der Waals surface area contributed by atoms with Crippen molar-refractivity contribution < 1.29 is 0 Å². The lowest BCUT2D eigenvalue weighted by Gasteiger charge is -2.22. The molecule has 0 spiro atoms. The van der Waals surface area contributed by atoms with E-state index in [2.05, 4.69) is 60.5 Å². The summed E-state index contributed by atoms with van der Waals surface area (Å²) < 4.78 is 0. The first-order valence-electron chi connectivity index (χ1n) is 7.00. The van der Waals surface area contributed by atoms with Gasteiger partial charge in [-0.1, -0.05) is 43.3 Å². The standard InChI is InChI=1S/C17H22N2/c1-3-16(13-15-9-5-4-6-10-15)19-14(2)17-11-7-8-12-18-17/h4-12,14,16,19H,3,13H2,1-2H3. The molecule has 0 bridgehead atoms. The van der Waals surface area contributed by atoms with Crippen molar-refractivity contribution in [2.24, 2.45) is 0 Å². The van der Waals surface area contributed by atoms with Gasteiger partial charge in [-0.05, 0) is 37.5 Å². The highest BCUT2D eigenvalue weighted by Crippen LogP contribution is 2.13. The second kappa shape index (κ2) is 7.05. The Morgan fingerprint density at radius 2 is 1.79 bits per heavy atom. The van der Waals surface area contributed by atoms with Gasteiger partial charge in [0.25, 0.3) is 0 Å². The summed E-state index contributed by atoms with van der Waals surface area (Å²) in [4.78, 5) is 4.41. The highest BCUT2D eigenvalue weighted by atomic mass is 15.0. The zero-order valence-electron chi connectivity index (χ0n) is 11.7. The van der Waals surface area contributed by atoms with Crippen LogP contribution in [0, 0.1) is 0 Å². The van der Waals surface area contributed by atoms with Crippen molar-refractivity contribution in [2.75, 3.05) is 0 Å². The minimum Gasteiger partial charge on any atom is -0.306 e. The third-order valence-electron chi connectivity index (χ3n) is 3.43. The minimum atomic E-state index is 0.287. The van der Waals surface area contributed by atoms with E-state index < -0.39 is 0 Å². The molecule has 0 amide bonds. The van der Waals surface area contributed by atoms with E-state index in [1.165, 1.54) is 5.56 Å². The van der Waals surface area contributed by atoms with Gasteiger partial charge in [0.2, 0.25) is 0 Å². The van der Waals surface area contributed by atoms with Gasteiger partial charge in [-0.15, -0.1) is 0 Å². The van der Waals surface area contributed by atoms with E-state index in [0.29, 0.717) is 6.04 Å². The monoisotopic (exact) mass is 254 g/mol. The van der Waals surface area contributed by atoms with Gasteiger partial charge in [-0.3, -0.25) is 4.98 Å². The number of pyridine rings is 1. The predicted molar refractivity (Wildman–Crippen MR) is 80.0 cm³/mol. The van der Waals surface area contributed by atoms with Gasteiger partial charge in [0.1, 0.15) is 0 Å². The van der Waals surface area contributed by atoms with Crippen LogP contribution in [0.1, 0.15) is 37.6 Å². The number of nitrogens with one attached hydrogen (secondary N) is 1. The molecular formula is C17H22N2. The van der Waals surface area contributed by atoms with Crippen LogP contribution < -0.4 is 5.32 Å². The Morgan fingerprint density at radius 3 is 2.42 bits per heavy atom. The molecule has 100 valence electrons. The van der Waals surface area contributed by atoms with E-state index in [1.807, 2.05) is 18.3 Å². The van der Waals surface area contributed by atoms with Gasteiger partial charge in [0, 0.05) is 18.3 Å². The maximum atomic E-state index is 4.41. The molecule has 0 aliphatic carbocycles. The molecule has 2 rings (SSSR count). The predicted octanol–water partition coefficient (Wildman–Crippen LogP) is 3.75. The lowest BCUT2D eigenvalue weighted by Crippen LogP contribution is -2.33. The van der Waals surface area contributed by atoms with E-state index in [1.54, 1.807) is 0 Å². The Hall–Kier alpha value is -1.67. The van der Waals surface area contributed by atoms with Crippen molar-refractivity contribution in [3.05, 3.63) is 66.0 Å². The van der Waals surface area contributed by atoms with Crippen LogP contribution in [0.3, 0.4) is 0 Å². The number of hydrogen-bond acceptors (Lipinski definition) is 2. The van der Waals surface area contributed by atoms with E-state index in [-0.39, 0.29) is 6.04 Å². The zero-order valence-corrected chi connectivity index (χ0v) is 11.7. The average Bonchev–Trinajstić information content (AvgIpc) is 2.48. The van der Waals surface area contributed by atoms with Gasteiger partial charge in [0.15, 0.2) is 0 Å². The smallest absolute Gasteiger partial charge is 0.0570 e. The largest absolute Gasteiger partial charge is 0.306 e. The molecule has 19 heavy (non-hydrogen) atoms. The fourth-order valence-corrected chi connectivity index (χ4v) is 2.29. The molecule has 2 atom stereocenters. The molecule has 1 heterocycles. The Bertz CT molecular complexity index is 467. The number of aromatic nitrogens is 1. The van der Waals surface area contributed by atoms with Gasteiger partial charge < -0.3 is 5.32 Å². The van der Waals surface area contributed by atoms with Crippen LogP contribution in [-0.2, 0) is 6.42 Å². The molecule has 0 aliphatic heterocycles. The first kappa shape index (κ1) is 13.8. The molecule has 2 unspecified atom stereocenters. The molecule has 0 radical (unpaired) electrons. The first-order valence-corrected chi connectivity index (χ1v) is 7.00. The summed E-state index contributed by atoms with van der Waals surface area (Å²) in [6.45, 7) is 4.40. The van der Waals surface area contributed by atoms with Crippen molar-refractivity contribution in [1.82, 2.24) is 10.3 Å². The Kier molecular flexibility index (Phi) is 5.10. The van der Waals surface area contributed by atoms with Gasteiger partial charge in [-0.25, -0.2) is 0 Å². The summed E-state index contributed by atoms with van der Waals surface area (Å²) in [6, 6.07) is 17.5. The van der Waals surface area contributed by atoms with Crippen molar-refractivity contribution in [2.45, 2.75) is 38.8 Å². The van der Waals surface area contributed by atoms with E-state index in [4.69, 9.17) is 0 Å². The van der Waals surface area contributed by atoms with Gasteiger partial charge >= 0.3 is 0 Å². The molecule has 0 saturated carbocycles. The molecular weight excluding hydrogens is 232 g/mol. The molecule has 2 heteroatoms. The van der Waals surface area contributed by atoms with Crippen molar-refractivity contribution in [3.8, 4) is 0 Å². The van der Waals surface area contributed by atoms with E-state index in [9.17, 15) is 0 Å². The Balaban J connectivity index is 1.96. The number of hydrogen-bond donors (Lipinski definition) is 1. The van der Waals surface area contributed by atoms with Crippen LogP contribution in [0.4, 0.5) is 0 Å². The highest BCUT2D eigenvalue weighted by molar-refractivity contribution is 5.16. The Labute approximate surface area is 115 Å². The van der Waals surface area contributed by atoms with Crippen LogP contribution in [0.5, 0.6) is 0 Å². The maximum Gasteiger partial charge on any atom is 0.0570 e. The van der Waals surface area contributed by atoms with Crippen LogP contribution in [0.25, 0.3) is 0 Å². The number of rotatable bonds is 6. The van der Waals surface area contributed by atoms with Gasteiger partial charge in [0.05, 0.1) is 5.69 Å². The van der Waals surface area contributed by atoms with Crippen molar-refractivity contribution in [1.29, 1.82) is 0 Å². The molecule has 2 nitrogen and oxygen atoms in total. The average molecular weight is 254 g/mol. The summed E-state index contributed by atoms with van der Waals surface area (Å²) in [7, 11) is 0. The summed E-state index contributed by atoms with van der Waals surface area (Å²) in [5.41, 5.74) is 2.49. The summed E-state index contributed by atoms with van der Waals surface area (Å²) in [6.07, 6.45) is 4.03. The maximum absolute atomic E-state index is 4.41.